The van der Waals surface area contributed by atoms with Gasteiger partial charge in [0.25, 0.3) is 0 Å². The molecule has 0 spiro atoms. The second-order valence-electron chi connectivity index (χ2n) is 5.78. The van der Waals surface area contributed by atoms with Crippen molar-refractivity contribution in [1.29, 1.82) is 0 Å². The zero-order chi connectivity index (χ0) is 15.1. The van der Waals surface area contributed by atoms with Crippen molar-refractivity contribution >= 4 is 11.8 Å². The predicted octanol–water partition coefficient (Wildman–Crippen LogP) is 1.30. The number of carbonyl (C=O) groups is 2. The van der Waals surface area contributed by atoms with E-state index in [9.17, 15) is 14.7 Å². The van der Waals surface area contributed by atoms with Gasteiger partial charge in [0.1, 0.15) is 5.60 Å². The Bertz CT molecular complexity index is 500. The Morgan fingerprint density at radius 2 is 2.15 bits per heavy atom. The van der Waals surface area contributed by atoms with Crippen LogP contribution in [0.2, 0.25) is 0 Å². The molecule has 20 heavy (non-hydrogen) atoms. The molecule has 110 valence electrons. The average molecular weight is 280 g/mol. The maximum Gasteiger partial charge on any atom is 0.303 e. The third-order valence-corrected chi connectivity index (χ3v) is 3.55. The second kappa shape index (κ2) is 5.14. The van der Waals surface area contributed by atoms with Crippen LogP contribution in [0, 0.1) is 0 Å². The summed E-state index contributed by atoms with van der Waals surface area (Å²) in [4.78, 5) is 23.4. The van der Waals surface area contributed by atoms with Gasteiger partial charge in [-0.1, -0.05) is 11.1 Å². The standard InChI is InChI=1S/C15H20O5/c1-8(2)7-15(18)12-6-9(3)5-11(17)13(20-12)14(15)19-10(4)16/h5,7,12-14,18H,6H2,1-4H3. The third-order valence-electron chi connectivity index (χ3n) is 3.55. The first-order valence-corrected chi connectivity index (χ1v) is 6.66. The van der Waals surface area contributed by atoms with Crippen LogP contribution in [-0.2, 0) is 19.1 Å². The van der Waals surface area contributed by atoms with E-state index in [4.69, 9.17) is 9.47 Å². The first-order valence-electron chi connectivity index (χ1n) is 6.66. The van der Waals surface area contributed by atoms with Crippen LogP contribution in [0.15, 0.2) is 23.3 Å². The highest BCUT2D eigenvalue weighted by Gasteiger charge is 2.59. The molecule has 2 aliphatic heterocycles. The minimum absolute atomic E-state index is 0.269. The monoisotopic (exact) mass is 280 g/mol. The number of aliphatic hydroxyl groups is 1. The lowest BCUT2D eigenvalue weighted by molar-refractivity contribution is -0.158. The molecule has 0 aromatic heterocycles. The summed E-state index contributed by atoms with van der Waals surface area (Å²) in [6, 6.07) is 0. The molecule has 1 fully saturated rings. The van der Waals surface area contributed by atoms with Gasteiger partial charge in [-0.2, -0.15) is 0 Å². The Balaban J connectivity index is 2.48. The molecule has 4 atom stereocenters. The van der Waals surface area contributed by atoms with Crippen molar-refractivity contribution in [3.63, 3.8) is 0 Å². The van der Waals surface area contributed by atoms with Crippen molar-refractivity contribution in [2.45, 2.75) is 58.0 Å². The topological polar surface area (TPSA) is 72.8 Å². The first kappa shape index (κ1) is 14.9. The van der Waals surface area contributed by atoms with E-state index < -0.39 is 29.9 Å². The molecule has 2 rings (SSSR count). The summed E-state index contributed by atoms with van der Waals surface area (Å²) in [7, 11) is 0. The van der Waals surface area contributed by atoms with Crippen LogP contribution in [0.25, 0.3) is 0 Å². The highest BCUT2D eigenvalue weighted by atomic mass is 16.6. The summed E-state index contributed by atoms with van der Waals surface area (Å²) in [6.07, 6.45) is 1.02. The van der Waals surface area contributed by atoms with Gasteiger partial charge in [-0.05, 0) is 39.3 Å². The molecule has 0 saturated carbocycles. The number of hydrogen-bond acceptors (Lipinski definition) is 5. The van der Waals surface area contributed by atoms with E-state index in [1.54, 1.807) is 6.08 Å². The van der Waals surface area contributed by atoms with Crippen molar-refractivity contribution < 1.29 is 24.2 Å². The van der Waals surface area contributed by atoms with Crippen LogP contribution in [-0.4, -0.2) is 40.8 Å². The molecule has 4 unspecified atom stereocenters. The lowest BCUT2D eigenvalue weighted by Crippen LogP contribution is -2.50. The summed E-state index contributed by atoms with van der Waals surface area (Å²) in [5, 5.41) is 10.9. The molecule has 1 saturated heterocycles. The van der Waals surface area contributed by atoms with Crippen LogP contribution >= 0.6 is 0 Å². The van der Waals surface area contributed by atoms with Crippen LogP contribution in [0.5, 0.6) is 0 Å². The van der Waals surface area contributed by atoms with Gasteiger partial charge in [-0.25, -0.2) is 0 Å². The number of ketones is 1. The molecule has 2 bridgehead atoms. The third kappa shape index (κ3) is 2.55. The lowest BCUT2D eigenvalue weighted by Gasteiger charge is -2.31. The molecule has 2 heterocycles. The quantitative estimate of drug-likeness (QED) is 0.609. The molecule has 0 aromatic carbocycles. The average Bonchev–Trinajstić information content (AvgIpc) is 2.44. The number of carbonyl (C=O) groups excluding carboxylic acids is 2. The Hall–Kier alpha value is -1.46. The number of ether oxygens (including phenoxy) is 2. The van der Waals surface area contributed by atoms with E-state index in [2.05, 4.69) is 0 Å². The number of fused-ring (bicyclic) bond motifs is 2. The zero-order valence-corrected chi connectivity index (χ0v) is 12.2. The van der Waals surface area contributed by atoms with Crippen molar-refractivity contribution in [2.24, 2.45) is 0 Å². The minimum atomic E-state index is -1.47. The Morgan fingerprint density at radius 3 is 2.70 bits per heavy atom. The Kier molecular flexibility index (Phi) is 3.84. The van der Waals surface area contributed by atoms with Gasteiger partial charge in [0.05, 0.1) is 6.10 Å². The van der Waals surface area contributed by atoms with Gasteiger partial charge in [-0.3, -0.25) is 9.59 Å². The largest absolute Gasteiger partial charge is 0.456 e. The van der Waals surface area contributed by atoms with Crippen LogP contribution in [0.1, 0.15) is 34.1 Å². The molecule has 5 nitrogen and oxygen atoms in total. The number of rotatable bonds is 2. The van der Waals surface area contributed by atoms with Gasteiger partial charge in [0.15, 0.2) is 18.0 Å². The molecule has 0 radical (unpaired) electrons. The maximum absolute atomic E-state index is 12.1. The van der Waals surface area contributed by atoms with Crippen LogP contribution in [0.4, 0.5) is 0 Å². The van der Waals surface area contributed by atoms with E-state index in [0.29, 0.717) is 6.42 Å². The molecular formula is C15H20O5. The fourth-order valence-corrected chi connectivity index (χ4v) is 2.86. The molecular weight excluding hydrogens is 260 g/mol. The SMILES string of the molecule is CC(=O)OC1C2OC(CC(C)=CC2=O)C1(O)C=C(C)C. The predicted molar refractivity (Wildman–Crippen MR) is 72.0 cm³/mol. The fraction of sp³-hybridized carbons (Fsp3) is 0.600. The maximum atomic E-state index is 12.1. The second-order valence-corrected chi connectivity index (χ2v) is 5.78. The molecule has 2 aliphatic rings. The summed E-state index contributed by atoms with van der Waals surface area (Å²) in [5.41, 5.74) is 0.248. The van der Waals surface area contributed by atoms with E-state index in [0.717, 1.165) is 11.1 Å². The molecule has 1 N–H and O–H groups in total. The van der Waals surface area contributed by atoms with Gasteiger partial charge in [-0.15, -0.1) is 0 Å². The van der Waals surface area contributed by atoms with E-state index in [-0.39, 0.29) is 5.78 Å². The van der Waals surface area contributed by atoms with Gasteiger partial charge < -0.3 is 14.6 Å². The van der Waals surface area contributed by atoms with Gasteiger partial charge >= 0.3 is 5.97 Å². The van der Waals surface area contributed by atoms with E-state index in [1.165, 1.54) is 13.0 Å². The zero-order valence-electron chi connectivity index (χ0n) is 12.2. The normalized spacial score (nSPS) is 36.1. The minimum Gasteiger partial charge on any atom is -0.456 e. The van der Waals surface area contributed by atoms with Crippen LogP contribution in [0.3, 0.4) is 0 Å². The van der Waals surface area contributed by atoms with Crippen molar-refractivity contribution in [3.05, 3.63) is 23.3 Å². The van der Waals surface area contributed by atoms with E-state index in [1.807, 2.05) is 20.8 Å². The number of hydrogen-bond donors (Lipinski definition) is 1. The summed E-state index contributed by atoms with van der Waals surface area (Å²) < 4.78 is 10.9. The summed E-state index contributed by atoms with van der Waals surface area (Å²) in [6.45, 7) is 6.75. The molecule has 5 heteroatoms. The Labute approximate surface area is 118 Å². The molecule has 0 aliphatic carbocycles. The smallest absolute Gasteiger partial charge is 0.303 e. The van der Waals surface area contributed by atoms with Crippen molar-refractivity contribution in [1.82, 2.24) is 0 Å². The summed E-state index contributed by atoms with van der Waals surface area (Å²) in [5.74, 6) is -0.812. The van der Waals surface area contributed by atoms with Crippen molar-refractivity contribution in [3.8, 4) is 0 Å². The highest BCUT2D eigenvalue weighted by Crippen LogP contribution is 2.40. The lowest BCUT2D eigenvalue weighted by atomic mass is 9.83. The van der Waals surface area contributed by atoms with Crippen LogP contribution < -0.4 is 0 Å². The van der Waals surface area contributed by atoms with Gasteiger partial charge in [0, 0.05) is 6.92 Å². The Morgan fingerprint density at radius 1 is 1.50 bits per heavy atom. The first-order chi connectivity index (χ1) is 9.24. The molecule has 0 amide bonds. The number of allylic oxidation sites excluding steroid dienone is 1. The van der Waals surface area contributed by atoms with Crippen molar-refractivity contribution in [2.75, 3.05) is 0 Å². The van der Waals surface area contributed by atoms with Gasteiger partial charge in [0.2, 0.25) is 0 Å². The highest BCUT2D eigenvalue weighted by molar-refractivity contribution is 5.95. The van der Waals surface area contributed by atoms with E-state index >= 15 is 0 Å². The number of esters is 1. The summed E-state index contributed by atoms with van der Waals surface area (Å²) >= 11 is 0. The fourth-order valence-electron chi connectivity index (χ4n) is 2.86. The molecule has 0 aromatic rings.